The van der Waals surface area contributed by atoms with Gasteiger partial charge in [0.2, 0.25) is 5.91 Å². The molecule has 1 heterocycles. The highest BCUT2D eigenvalue weighted by molar-refractivity contribution is 7.99. The summed E-state index contributed by atoms with van der Waals surface area (Å²) in [4.78, 5) is 16.1. The van der Waals surface area contributed by atoms with Gasteiger partial charge in [0.25, 0.3) is 5.22 Å². The number of carbonyl (C=O) groups excluding carboxylic acids is 1. The van der Waals surface area contributed by atoms with E-state index in [1.54, 1.807) is 6.20 Å². The van der Waals surface area contributed by atoms with E-state index >= 15 is 0 Å². The number of anilines is 1. The number of amides is 1. The Bertz CT molecular complexity index is 629. The smallest absolute Gasteiger partial charge is 0.256 e. The lowest BCUT2D eigenvalue weighted by atomic mass is 9.94. The zero-order valence-electron chi connectivity index (χ0n) is 12.8. The second kappa shape index (κ2) is 6.35. The molecule has 5 heteroatoms. The minimum absolute atomic E-state index is 0.0650. The third-order valence-electron chi connectivity index (χ3n) is 2.97. The molecule has 0 fully saturated rings. The molecule has 0 spiro atoms. The van der Waals surface area contributed by atoms with E-state index in [1.165, 1.54) is 11.8 Å². The Hall–Kier alpha value is -1.75. The highest BCUT2D eigenvalue weighted by Gasteiger charge is 2.19. The number of aryl methyl sites for hydroxylation is 1. The van der Waals surface area contributed by atoms with Crippen molar-refractivity contribution in [3.8, 4) is 0 Å². The van der Waals surface area contributed by atoms with Gasteiger partial charge >= 0.3 is 0 Å². The van der Waals surface area contributed by atoms with Crippen molar-refractivity contribution in [2.75, 3.05) is 11.1 Å². The van der Waals surface area contributed by atoms with E-state index < -0.39 is 0 Å². The Balaban J connectivity index is 1.90. The quantitative estimate of drug-likeness (QED) is 0.867. The van der Waals surface area contributed by atoms with Crippen molar-refractivity contribution in [1.82, 2.24) is 4.98 Å². The van der Waals surface area contributed by atoms with Gasteiger partial charge in [0.15, 0.2) is 0 Å². The molecule has 4 nitrogen and oxygen atoms in total. The van der Waals surface area contributed by atoms with Crippen molar-refractivity contribution in [2.24, 2.45) is 0 Å². The van der Waals surface area contributed by atoms with E-state index in [0.717, 1.165) is 17.0 Å². The van der Waals surface area contributed by atoms with Crippen LogP contribution in [0.3, 0.4) is 0 Å². The third kappa shape index (κ3) is 4.36. The standard InChI is InChI=1S/C16H20N2O2S/c1-11-7-5-6-8-12(11)18-14(19)10-21-15-17-9-13(20-15)16(2,3)4/h5-9H,10H2,1-4H3,(H,18,19). The van der Waals surface area contributed by atoms with Crippen LogP contribution in [0.1, 0.15) is 32.1 Å². The summed E-state index contributed by atoms with van der Waals surface area (Å²) in [5.41, 5.74) is 1.81. The van der Waals surface area contributed by atoms with Crippen LogP contribution in [0, 0.1) is 6.92 Å². The largest absolute Gasteiger partial charge is 0.436 e. The summed E-state index contributed by atoms with van der Waals surface area (Å²) in [7, 11) is 0. The summed E-state index contributed by atoms with van der Waals surface area (Å²) in [5, 5.41) is 3.42. The molecule has 112 valence electrons. The van der Waals surface area contributed by atoms with Crippen LogP contribution in [-0.2, 0) is 10.2 Å². The Labute approximate surface area is 129 Å². The number of carbonyl (C=O) groups is 1. The molecule has 0 unspecified atom stereocenters. The molecule has 0 bridgehead atoms. The zero-order chi connectivity index (χ0) is 15.5. The molecule has 21 heavy (non-hydrogen) atoms. The zero-order valence-corrected chi connectivity index (χ0v) is 13.6. The molecule has 1 amide bonds. The van der Waals surface area contributed by atoms with Crippen LogP contribution in [0.2, 0.25) is 0 Å². The number of para-hydroxylation sites is 1. The molecule has 0 aliphatic heterocycles. The fourth-order valence-electron chi connectivity index (χ4n) is 1.70. The lowest BCUT2D eigenvalue weighted by molar-refractivity contribution is -0.113. The van der Waals surface area contributed by atoms with Gasteiger partial charge in [0.05, 0.1) is 11.9 Å². The number of nitrogens with zero attached hydrogens (tertiary/aromatic N) is 1. The molecule has 2 aromatic rings. The first-order valence-corrected chi connectivity index (χ1v) is 7.79. The molecule has 0 atom stereocenters. The third-order valence-corrected chi connectivity index (χ3v) is 3.81. The fourth-order valence-corrected chi connectivity index (χ4v) is 2.30. The van der Waals surface area contributed by atoms with Gasteiger partial charge < -0.3 is 9.73 Å². The van der Waals surface area contributed by atoms with Crippen LogP contribution in [0.15, 0.2) is 40.1 Å². The Morgan fingerprint density at radius 2 is 2.05 bits per heavy atom. The molecule has 0 saturated carbocycles. The average Bonchev–Trinajstić information content (AvgIpc) is 2.88. The number of thioether (sulfide) groups is 1. The number of benzene rings is 1. The van der Waals surface area contributed by atoms with Gasteiger partial charge in [0, 0.05) is 11.1 Å². The van der Waals surface area contributed by atoms with E-state index in [4.69, 9.17) is 4.42 Å². The van der Waals surface area contributed by atoms with Crippen molar-refractivity contribution < 1.29 is 9.21 Å². The van der Waals surface area contributed by atoms with Crippen molar-refractivity contribution in [3.05, 3.63) is 41.8 Å². The number of rotatable bonds is 4. The van der Waals surface area contributed by atoms with Crippen LogP contribution < -0.4 is 5.32 Å². The summed E-state index contributed by atoms with van der Waals surface area (Å²) in [6.07, 6.45) is 1.72. The fraction of sp³-hybridized carbons (Fsp3) is 0.375. The van der Waals surface area contributed by atoms with Gasteiger partial charge in [-0.2, -0.15) is 0 Å². The maximum absolute atomic E-state index is 11.9. The molecule has 0 aliphatic carbocycles. The van der Waals surface area contributed by atoms with Gasteiger partial charge in [-0.25, -0.2) is 4.98 Å². The van der Waals surface area contributed by atoms with Crippen LogP contribution in [-0.4, -0.2) is 16.6 Å². The maximum atomic E-state index is 11.9. The highest BCUT2D eigenvalue weighted by Crippen LogP contribution is 2.26. The summed E-state index contributed by atoms with van der Waals surface area (Å²) in [6, 6.07) is 7.70. The second-order valence-corrected chi connectivity index (χ2v) is 6.82. The number of aromatic nitrogens is 1. The predicted molar refractivity (Wildman–Crippen MR) is 85.7 cm³/mol. The first-order valence-electron chi connectivity index (χ1n) is 6.81. The molecule has 2 rings (SSSR count). The summed E-state index contributed by atoms with van der Waals surface area (Å²) < 4.78 is 5.64. The van der Waals surface area contributed by atoms with Crippen LogP contribution >= 0.6 is 11.8 Å². The average molecular weight is 304 g/mol. The Morgan fingerprint density at radius 3 is 2.67 bits per heavy atom. The van der Waals surface area contributed by atoms with Crippen molar-refractivity contribution >= 4 is 23.4 Å². The first-order chi connectivity index (χ1) is 9.86. The van der Waals surface area contributed by atoms with E-state index in [-0.39, 0.29) is 17.1 Å². The normalized spacial score (nSPS) is 11.4. The predicted octanol–water partition coefficient (Wildman–Crippen LogP) is 4.01. The van der Waals surface area contributed by atoms with Crippen LogP contribution in [0.25, 0.3) is 0 Å². The van der Waals surface area contributed by atoms with Gasteiger partial charge in [0.1, 0.15) is 5.76 Å². The summed E-state index contributed by atoms with van der Waals surface area (Å²) in [6.45, 7) is 8.15. The SMILES string of the molecule is Cc1ccccc1NC(=O)CSc1ncc(C(C)(C)C)o1. The van der Waals surface area contributed by atoms with Crippen LogP contribution in [0.5, 0.6) is 0 Å². The maximum Gasteiger partial charge on any atom is 0.256 e. The molecule has 0 radical (unpaired) electrons. The minimum Gasteiger partial charge on any atom is -0.436 e. The lowest BCUT2D eigenvalue weighted by Gasteiger charge is -2.12. The van der Waals surface area contributed by atoms with Crippen molar-refractivity contribution in [2.45, 2.75) is 38.3 Å². The highest BCUT2D eigenvalue weighted by atomic mass is 32.2. The minimum atomic E-state index is -0.0742. The number of nitrogens with one attached hydrogen (secondary N) is 1. The topological polar surface area (TPSA) is 55.1 Å². The van der Waals surface area contributed by atoms with Crippen molar-refractivity contribution in [3.63, 3.8) is 0 Å². The lowest BCUT2D eigenvalue weighted by Crippen LogP contribution is -2.14. The van der Waals surface area contributed by atoms with Gasteiger partial charge in [-0.05, 0) is 18.6 Å². The van der Waals surface area contributed by atoms with Gasteiger partial charge in [-0.1, -0.05) is 50.7 Å². The molecular weight excluding hydrogens is 284 g/mol. The number of hydrogen-bond donors (Lipinski definition) is 1. The monoisotopic (exact) mass is 304 g/mol. The van der Waals surface area contributed by atoms with Crippen molar-refractivity contribution in [1.29, 1.82) is 0 Å². The summed E-state index contributed by atoms with van der Waals surface area (Å²) in [5.74, 6) is 1.03. The first kappa shape index (κ1) is 15.6. The van der Waals surface area contributed by atoms with Gasteiger partial charge in [-0.15, -0.1) is 0 Å². The molecule has 1 N–H and O–H groups in total. The number of hydrogen-bond acceptors (Lipinski definition) is 4. The molecule has 1 aromatic heterocycles. The Kier molecular flexibility index (Phi) is 4.73. The van der Waals surface area contributed by atoms with E-state index in [1.807, 2.05) is 31.2 Å². The molecule has 1 aromatic carbocycles. The van der Waals surface area contributed by atoms with Gasteiger partial charge in [-0.3, -0.25) is 4.79 Å². The van der Waals surface area contributed by atoms with E-state index in [9.17, 15) is 4.79 Å². The number of oxazole rings is 1. The van der Waals surface area contributed by atoms with E-state index in [2.05, 4.69) is 31.1 Å². The van der Waals surface area contributed by atoms with E-state index in [0.29, 0.717) is 5.22 Å². The second-order valence-electron chi connectivity index (χ2n) is 5.89. The molecular formula is C16H20N2O2S. The molecule has 0 aliphatic rings. The molecule has 0 saturated heterocycles. The summed E-state index contributed by atoms with van der Waals surface area (Å²) >= 11 is 1.30. The Morgan fingerprint density at radius 1 is 1.33 bits per heavy atom. The van der Waals surface area contributed by atoms with Crippen LogP contribution in [0.4, 0.5) is 5.69 Å².